The molecule has 0 aromatic carbocycles. The van der Waals surface area contributed by atoms with Gasteiger partial charge in [-0.3, -0.25) is 0 Å². The fourth-order valence-corrected chi connectivity index (χ4v) is 3.28. The van der Waals surface area contributed by atoms with Crippen LogP contribution in [0.5, 0.6) is 0 Å². The van der Waals surface area contributed by atoms with Crippen LogP contribution < -0.4 is 5.32 Å². The van der Waals surface area contributed by atoms with Gasteiger partial charge in [0.05, 0.1) is 0 Å². The first-order chi connectivity index (χ1) is 10.8. The minimum atomic E-state index is 0.210. The fraction of sp³-hybridized carbons (Fsp3) is 0.647. The Bertz CT molecular complexity index is 531. The number of hydrogen-bond donors (Lipinski definition) is 1. The Morgan fingerprint density at radius 2 is 2.05 bits per heavy atom. The predicted octanol–water partition coefficient (Wildman–Crippen LogP) is 2.52. The maximum atomic E-state index is 12.2. The average molecular weight is 302 g/mol. The van der Waals surface area contributed by atoms with E-state index in [2.05, 4.69) is 24.4 Å². The van der Waals surface area contributed by atoms with E-state index in [4.69, 9.17) is 4.98 Å². The molecular weight excluding hydrogens is 276 g/mol. The van der Waals surface area contributed by atoms with E-state index in [0.29, 0.717) is 0 Å². The monoisotopic (exact) mass is 302 g/mol. The van der Waals surface area contributed by atoms with Gasteiger partial charge in [0.15, 0.2) is 0 Å². The van der Waals surface area contributed by atoms with E-state index in [9.17, 15) is 4.79 Å². The van der Waals surface area contributed by atoms with Crippen molar-refractivity contribution < 1.29 is 4.79 Å². The molecular formula is C17H26N4O. The molecule has 0 unspecified atom stereocenters. The van der Waals surface area contributed by atoms with Crippen LogP contribution >= 0.6 is 0 Å². The Hall–Kier alpha value is -1.78. The molecule has 1 N–H and O–H groups in total. The number of hydrogen-bond acceptors (Lipinski definition) is 3. The molecule has 0 spiro atoms. The number of urea groups is 1. The number of fused-ring (bicyclic) bond motifs is 1. The number of carbonyl (C=O) groups excluding carboxylic acids is 1. The van der Waals surface area contributed by atoms with Crippen LogP contribution in [0.3, 0.4) is 0 Å². The Balaban J connectivity index is 1.48. The second-order valence-electron chi connectivity index (χ2n) is 6.20. The molecule has 22 heavy (non-hydrogen) atoms. The maximum Gasteiger partial charge on any atom is 0.320 e. The van der Waals surface area contributed by atoms with E-state index in [1.807, 2.05) is 9.80 Å². The minimum Gasteiger partial charge on any atom is -0.370 e. The summed E-state index contributed by atoms with van der Waals surface area (Å²) in [6.45, 7) is 6.62. The molecule has 2 aliphatic rings. The first-order valence-corrected chi connectivity index (χ1v) is 8.54. The number of aryl methyl sites for hydroxylation is 2. The summed E-state index contributed by atoms with van der Waals surface area (Å²) in [5, 5.41) is 3.38. The van der Waals surface area contributed by atoms with Gasteiger partial charge < -0.3 is 15.1 Å². The van der Waals surface area contributed by atoms with E-state index < -0.39 is 0 Å². The number of nitrogens with one attached hydrogen (secondary N) is 1. The van der Waals surface area contributed by atoms with Crippen LogP contribution in [-0.2, 0) is 12.8 Å². The Kier molecular flexibility index (Phi) is 4.80. The van der Waals surface area contributed by atoms with Crippen LogP contribution in [0, 0.1) is 0 Å². The van der Waals surface area contributed by atoms with Gasteiger partial charge in [-0.1, -0.05) is 13.0 Å². The molecule has 2 amide bonds. The van der Waals surface area contributed by atoms with Gasteiger partial charge in [0.1, 0.15) is 5.82 Å². The molecule has 0 atom stereocenters. The zero-order valence-electron chi connectivity index (χ0n) is 13.5. The van der Waals surface area contributed by atoms with Gasteiger partial charge in [-0.15, -0.1) is 0 Å². The summed E-state index contributed by atoms with van der Waals surface area (Å²) < 4.78 is 0. The van der Waals surface area contributed by atoms with Crippen molar-refractivity contribution in [2.45, 2.75) is 39.0 Å². The summed E-state index contributed by atoms with van der Waals surface area (Å²) >= 11 is 0. The summed E-state index contributed by atoms with van der Waals surface area (Å²) in [6.07, 6.45) is 5.28. The normalized spacial score (nSPS) is 17.6. The molecule has 0 bridgehead atoms. The molecule has 0 radical (unpaired) electrons. The van der Waals surface area contributed by atoms with Crippen LogP contribution in [0.2, 0.25) is 0 Å². The second kappa shape index (κ2) is 6.99. The van der Waals surface area contributed by atoms with Crippen molar-refractivity contribution in [1.82, 2.24) is 14.8 Å². The van der Waals surface area contributed by atoms with E-state index in [1.165, 1.54) is 12.0 Å². The Morgan fingerprint density at radius 1 is 1.23 bits per heavy atom. The molecule has 3 heterocycles. The molecule has 120 valence electrons. The Morgan fingerprint density at radius 3 is 2.86 bits per heavy atom. The summed E-state index contributed by atoms with van der Waals surface area (Å²) in [5.74, 6) is 1.06. The lowest BCUT2D eigenvalue weighted by Crippen LogP contribution is -2.33. The van der Waals surface area contributed by atoms with Gasteiger partial charge in [-0.25, -0.2) is 9.78 Å². The van der Waals surface area contributed by atoms with Gasteiger partial charge in [0.25, 0.3) is 0 Å². The largest absolute Gasteiger partial charge is 0.370 e. The first kappa shape index (κ1) is 15.1. The third kappa shape index (κ3) is 3.34. The van der Waals surface area contributed by atoms with Crippen LogP contribution in [-0.4, -0.2) is 53.5 Å². The average Bonchev–Trinajstić information content (AvgIpc) is 2.89. The first-order valence-electron chi connectivity index (χ1n) is 8.54. The molecule has 0 saturated carbocycles. The number of amides is 2. The standard InChI is InChI=1S/C17H26N4O/c1-2-10-20-12-13-21(17(20)22)11-4-6-15-8-7-14-5-3-9-18-16(14)19-15/h7-8H,2-6,9-13H2,1H3,(H,18,19). The molecule has 3 rings (SSSR count). The predicted molar refractivity (Wildman–Crippen MR) is 88.2 cm³/mol. The molecule has 1 saturated heterocycles. The third-order valence-corrected chi connectivity index (χ3v) is 4.49. The van der Waals surface area contributed by atoms with Crippen molar-refractivity contribution in [3.05, 3.63) is 23.4 Å². The van der Waals surface area contributed by atoms with E-state index in [0.717, 1.165) is 69.9 Å². The third-order valence-electron chi connectivity index (χ3n) is 4.49. The molecule has 1 aromatic rings. The number of carbonyl (C=O) groups is 1. The maximum absolute atomic E-state index is 12.2. The van der Waals surface area contributed by atoms with Gasteiger partial charge in [-0.05, 0) is 43.7 Å². The molecule has 5 nitrogen and oxygen atoms in total. The fourth-order valence-electron chi connectivity index (χ4n) is 3.28. The van der Waals surface area contributed by atoms with Crippen LogP contribution in [0.25, 0.3) is 0 Å². The number of rotatable bonds is 6. The van der Waals surface area contributed by atoms with E-state index >= 15 is 0 Å². The molecule has 2 aliphatic heterocycles. The van der Waals surface area contributed by atoms with E-state index in [-0.39, 0.29) is 6.03 Å². The molecule has 5 heteroatoms. The highest BCUT2D eigenvalue weighted by molar-refractivity contribution is 5.76. The van der Waals surface area contributed by atoms with Gasteiger partial charge >= 0.3 is 6.03 Å². The highest BCUT2D eigenvalue weighted by atomic mass is 16.2. The molecule has 1 aromatic heterocycles. The lowest BCUT2D eigenvalue weighted by molar-refractivity contribution is 0.191. The number of pyridine rings is 1. The number of aromatic nitrogens is 1. The number of anilines is 1. The van der Waals surface area contributed by atoms with Crippen molar-refractivity contribution in [3.63, 3.8) is 0 Å². The van der Waals surface area contributed by atoms with Crippen LogP contribution in [0.4, 0.5) is 10.6 Å². The summed E-state index contributed by atoms with van der Waals surface area (Å²) in [6, 6.07) is 4.55. The van der Waals surface area contributed by atoms with Crippen LogP contribution in [0.1, 0.15) is 37.4 Å². The number of nitrogens with zero attached hydrogens (tertiary/aromatic N) is 3. The highest BCUT2D eigenvalue weighted by Gasteiger charge is 2.26. The SMILES string of the molecule is CCCN1CCN(CCCc2ccc3c(n2)NCCC3)C1=O. The second-order valence-corrected chi connectivity index (χ2v) is 6.20. The van der Waals surface area contributed by atoms with Crippen molar-refractivity contribution in [3.8, 4) is 0 Å². The van der Waals surface area contributed by atoms with Crippen molar-refractivity contribution >= 4 is 11.8 Å². The van der Waals surface area contributed by atoms with Gasteiger partial charge in [0.2, 0.25) is 0 Å². The lowest BCUT2D eigenvalue weighted by Gasteiger charge is -2.19. The zero-order chi connectivity index (χ0) is 15.4. The minimum absolute atomic E-state index is 0.210. The highest BCUT2D eigenvalue weighted by Crippen LogP contribution is 2.20. The molecule has 1 fully saturated rings. The van der Waals surface area contributed by atoms with Crippen molar-refractivity contribution in [1.29, 1.82) is 0 Å². The van der Waals surface area contributed by atoms with Crippen molar-refractivity contribution in [2.24, 2.45) is 0 Å². The summed E-state index contributed by atoms with van der Waals surface area (Å²) in [4.78, 5) is 20.8. The molecule has 0 aliphatic carbocycles. The smallest absolute Gasteiger partial charge is 0.320 e. The van der Waals surface area contributed by atoms with E-state index in [1.54, 1.807) is 0 Å². The van der Waals surface area contributed by atoms with Gasteiger partial charge in [0, 0.05) is 38.4 Å². The van der Waals surface area contributed by atoms with Gasteiger partial charge in [-0.2, -0.15) is 0 Å². The summed E-state index contributed by atoms with van der Waals surface area (Å²) in [7, 11) is 0. The van der Waals surface area contributed by atoms with Crippen LogP contribution in [0.15, 0.2) is 12.1 Å². The zero-order valence-corrected chi connectivity index (χ0v) is 13.5. The quantitative estimate of drug-likeness (QED) is 0.878. The Labute approximate surface area is 132 Å². The topological polar surface area (TPSA) is 48.5 Å². The van der Waals surface area contributed by atoms with Crippen molar-refractivity contribution in [2.75, 3.05) is 38.0 Å². The lowest BCUT2D eigenvalue weighted by atomic mass is 10.1. The summed E-state index contributed by atoms with van der Waals surface area (Å²) in [5.41, 5.74) is 2.46.